The maximum atomic E-state index is 13.0. The molecule has 0 aromatic carbocycles. The molecule has 29 atom stereocenters. The van der Waals surface area contributed by atoms with Crippen LogP contribution >= 0.6 is 0 Å². The Kier molecular flexibility index (Phi) is 33.8. The Labute approximate surface area is 615 Å². The molecule has 0 aromatic heterocycles. The molecular formula is C52H90O51S5. The fourth-order valence-corrected chi connectivity index (χ4v) is 19.4. The summed E-state index contributed by atoms with van der Waals surface area (Å²) in [7, 11) is -28.2. The monoisotopic (exact) mass is 1690 g/mol. The molecule has 0 radical (unpaired) electrons. The van der Waals surface area contributed by atoms with E-state index in [1.807, 2.05) is 0 Å². The van der Waals surface area contributed by atoms with Gasteiger partial charge in [-0.2, -0.15) is 81.2 Å². The predicted molar refractivity (Wildman–Crippen MR) is 326 cm³/mol. The van der Waals surface area contributed by atoms with Gasteiger partial charge in [-0.05, 0) is 122 Å². The van der Waals surface area contributed by atoms with Crippen molar-refractivity contribution in [2.75, 3.05) is 26.4 Å². The fourth-order valence-electron chi connectivity index (χ4n) is 17.7. The van der Waals surface area contributed by atoms with Crippen molar-refractivity contribution in [3.05, 3.63) is 0 Å². The second-order valence-corrected chi connectivity index (χ2v) is 33.5. The highest BCUT2D eigenvalue weighted by Gasteiger charge is 2.64. The van der Waals surface area contributed by atoms with E-state index in [1.54, 1.807) is 0 Å². The number of hydrogen-bond donors (Lipinski definition) is 13. The van der Waals surface area contributed by atoms with Gasteiger partial charge in [0.25, 0.3) is 0 Å². The molecule has 8 rings (SSSR count). The Bertz CT molecular complexity index is 3350. The molecule has 108 heavy (non-hydrogen) atoms. The lowest BCUT2D eigenvalue weighted by molar-refractivity contribution is -0.595. The Morgan fingerprint density at radius 1 is 0.380 bits per heavy atom. The molecule has 13 N–H and O–H groups in total. The highest BCUT2D eigenvalue weighted by molar-refractivity contribution is 7.81. The second-order valence-electron chi connectivity index (χ2n) is 28.1. The van der Waals surface area contributed by atoms with Crippen molar-refractivity contribution in [1.82, 2.24) is 0 Å². The third-order valence-corrected chi connectivity index (χ3v) is 24.1. The molecule has 4 saturated carbocycles. The first-order valence-corrected chi connectivity index (χ1v) is 40.1. The van der Waals surface area contributed by atoms with E-state index in [1.165, 1.54) is 25.7 Å². The van der Waals surface area contributed by atoms with E-state index in [0.29, 0.717) is 54.8 Å². The standard InChI is InChI=1S/C52H90O51S5/c1-23(2)7-6-8-24(3)28-11-12-29-27-10-9-26-17-25(13-15-51(26,4)30(27)14-16-52(28,29)5)18-31-40(95-108(73,74)75)41(88-97-54)36(32(80-31)19-76-104(61,62)63)84-48-45(92-101-58)42(89-98-55)37(33(81-48)20-77-105(64,65)66)85-49-46(93-102-59)43(90-99-56)38(34(82-49)21-78-106(67,68)69)86-50-47(94-103-60)44(91-100-57)39(87-96-53)35(83-50)22-79-107(70,71)72/h23-50,53-60H,6-22H2,1-5H3,(H,61,62,63)(H,64,65,66)(H,67,68,69)(H,70,71,72)(H,73,74,75)/t24-,25+,26?,27?,28-,29?,30?,31+,32?,33?,34?,35?,36-,37-,38-,39-,40?,41+,42+,43+,44+,45?,46?,47?,48-,49-,50-,51+,52-/m1/s1. The Morgan fingerprint density at radius 2 is 0.741 bits per heavy atom. The van der Waals surface area contributed by atoms with Gasteiger partial charge in [-0.1, -0.05) is 94.2 Å². The average Bonchev–Trinajstić information content (AvgIpc) is 1.35. The maximum Gasteiger partial charge on any atom is 0.397 e. The third-order valence-electron chi connectivity index (χ3n) is 21.9. The van der Waals surface area contributed by atoms with Crippen molar-refractivity contribution in [2.24, 2.45) is 58.2 Å². The van der Waals surface area contributed by atoms with E-state index in [-0.39, 0.29) is 29.1 Å². The Morgan fingerprint density at radius 3 is 1.14 bits per heavy atom. The molecule has 0 spiro atoms. The van der Waals surface area contributed by atoms with Crippen LogP contribution in [0.1, 0.15) is 118 Å². The Hall–Kier alpha value is -1.89. The summed E-state index contributed by atoms with van der Waals surface area (Å²) >= 11 is 0. The van der Waals surface area contributed by atoms with Crippen LogP contribution in [-0.4, -0.2) is 256 Å². The maximum absolute atomic E-state index is 13.0. The van der Waals surface area contributed by atoms with E-state index in [2.05, 4.69) is 102 Å². The summed E-state index contributed by atoms with van der Waals surface area (Å²) in [4.78, 5) is 38.7. The lowest BCUT2D eigenvalue weighted by Crippen LogP contribution is -2.69. The first-order valence-electron chi connectivity index (χ1n) is 33.2. The highest BCUT2D eigenvalue weighted by Crippen LogP contribution is 2.69. The first-order chi connectivity index (χ1) is 50.8. The van der Waals surface area contributed by atoms with Crippen LogP contribution in [0.4, 0.5) is 0 Å². The van der Waals surface area contributed by atoms with Crippen LogP contribution in [0.3, 0.4) is 0 Å². The molecule has 51 nitrogen and oxygen atoms in total. The van der Waals surface area contributed by atoms with E-state index in [9.17, 15) is 107 Å². The van der Waals surface area contributed by atoms with Crippen molar-refractivity contribution in [1.29, 1.82) is 0 Å². The van der Waals surface area contributed by atoms with Gasteiger partial charge >= 0.3 is 52.0 Å². The molecule has 0 aromatic rings. The minimum absolute atomic E-state index is 0.111. The van der Waals surface area contributed by atoms with Gasteiger partial charge in [0.1, 0.15) is 48.8 Å². The number of ether oxygens (including phenoxy) is 7. The molecule has 4 aliphatic heterocycles. The lowest BCUT2D eigenvalue weighted by atomic mass is 9.44. The topological polar surface area (TPSA) is 692 Å². The zero-order valence-corrected chi connectivity index (χ0v) is 61.6. The minimum Gasteiger partial charge on any atom is -0.367 e. The normalized spacial score (nSPS) is 39.7. The van der Waals surface area contributed by atoms with Crippen LogP contribution in [0.5, 0.6) is 0 Å². The minimum atomic E-state index is -5.74. The third kappa shape index (κ3) is 23.9. The van der Waals surface area contributed by atoms with Crippen molar-refractivity contribution in [2.45, 2.75) is 241 Å². The first kappa shape index (κ1) is 91.6. The largest absolute Gasteiger partial charge is 0.397 e. The molecule has 0 bridgehead atoms. The van der Waals surface area contributed by atoms with Crippen molar-refractivity contribution in [3.8, 4) is 0 Å². The molecule has 0 amide bonds. The van der Waals surface area contributed by atoms with E-state index in [4.69, 9.17) is 66.0 Å². The number of rotatable bonds is 43. The summed E-state index contributed by atoms with van der Waals surface area (Å²) in [6.45, 7) is 5.40. The van der Waals surface area contributed by atoms with Gasteiger partial charge in [0, 0.05) is 0 Å². The van der Waals surface area contributed by atoms with Gasteiger partial charge in [-0.3, -0.25) is 22.8 Å². The van der Waals surface area contributed by atoms with E-state index in [0.717, 1.165) is 32.1 Å². The molecule has 56 heteroatoms. The van der Waals surface area contributed by atoms with Crippen LogP contribution in [0.25, 0.3) is 0 Å². The van der Waals surface area contributed by atoms with E-state index < -0.39 is 201 Å². The van der Waals surface area contributed by atoms with Crippen LogP contribution in [0.2, 0.25) is 0 Å². The van der Waals surface area contributed by atoms with Gasteiger partial charge in [0.15, 0.2) is 67.7 Å². The molecule has 4 saturated heterocycles. The van der Waals surface area contributed by atoms with Crippen LogP contribution in [0.15, 0.2) is 0 Å². The summed E-state index contributed by atoms with van der Waals surface area (Å²) in [6, 6.07) is 0. The quantitative estimate of drug-likeness (QED) is 0.0236. The van der Waals surface area contributed by atoms with Crippen LogP contribution in [-0.2, 0) is 185 Å². The lowest BCUT2D eigenvalue weighted by Gasteiger charge is -2.61. The van der Waals surface area contributed by atoms with Gasteiger partial charge in [0.05, 0.1) is 32.5 Å². The van der Waals surface area contributed by atoms with Gasteiger partial charge in [-0.25, -0.2) is 63.0 Å². The van der Waals surface area contributed by atoms with Crippen molar-refractivity contribution < 1.29 is 240 Å². The molecular weight excluding hydrogens is 1600 g/mol. The summed E-state index contributed by atoms with van der Waals surface area (Å²) < 4.78 is 237. The summed E-state index contributed by atoms with van der Waals surface area (Å²) in [5.74, 6) is 2.92. The van der Waals surface area contributed by atoms with E-state index >= 15 is 0 Å². The number of hydrogen-bond acceptors (Lipinski definition) is 46. The van der Waals surface area contributed by atoms with Crippen LogP contribution < -0.4 is 0 Å². The van der Waals surface area contributed by atoms with Gasteiger partial charge < -0.3 is 33.2 Å². The highest BCUT2D eigenvalue weighted by atomic mass is 32.3. The van der Waals surface area contributed by atoms with Crippen molar-refractivity contribution >= 4 is 52.0 Å². The summed E-state index contributed by atoms with van der Waals surface area (Å²) in [6.07, 6.45) is -38.4. The smallest absolute Gasteiger partial charge is 0.367 e. The SMILES string of the molecule is CC(C)CCC[C@@H](C)[C@H]1CCC2C3CCC4C[C@@H](C[C@@H]5OC(COS(=O)(=O)O)[C@@H](O[C@H]6OC(COS(=O)(=O)O)[C@@H](O[C@H]7OC(COS(=O)(=O)O)[C@@H](O[C@H]8OC(COS(=O)(=O)O)[C@@H](OOO)[C@H](OOO)C8OOO)[C@H](OOO)C7OOO)[C@H](OOO)C6OOO)[C@H](OOO)C5OS(=O)(=O)O)CC[C@]4(C)C3CC[C@@]21C. The number of fused-ring (bicyclic) bond motifs is 5. The zero-order valence-electron chi connectivity index (χ0n) is 57.6. The van der Waals surface area contributed by atoms with Crippen LogP contribution in [0, 0.1) is 58.2 Å². The Balaban J connectivity index is 1.11. The molecule has 4 aliphatic carbocycles. The summed E-state index contributed by atoms with van der Waals surface area (Å²) in [5.41, 5.74) is 0.0468. The predicted octanol–water partition coefficient (Wildman–Crippen LogP) is 2.00. The molecule has 8 aliphatic rings. The zero-order chi connectivity index (χ0) is 79.5. The van der Waals surface area contributed by atoms with Gasteiger partial charge in [-0.15, -0.1) is 0 Å². The molecule has 8 fully saturated rings. The summed E-state index contributed by atoms with van der Waals surface area (Å²) in [5, 5.41) is 108. The molecule has 4 heterocycles. The molecule has 12 unspecified atom stereocenters. The fraction of sp³-hybridized carbons (Fsp3) is 1.00. The van der Waals surface area contributed by atoms with Gasteiger partial charge in [0.2, 0.25) is 0 Å². The molecule has 634 valence electrons. The van der Waals surface area contributed by atoms with Crippen molar-refractivity contribution in [3.63, 3.8) is 0 Å². The second kappa shape index (κ2) is 39.8. The average molecular weight is 1690 g/mol.